The Bertz CT molecular complexity index is 605. The van der Waals surface area contributed by atoms with E-state index < -0.39 is 0 Å². The molecule has 0 fully saturated rings. The van der Waals surface area contributed by atoms with Crippen LogP contribution in [0.15, 0.2) is 33.3 Å². The molecule has 0 unspecified atom stereocenters. The van der Waals surface area contributed by atoms with Crippen LogP contribution in [0.5, 0.6) is 0 Å². The lowest BCUT2D eigenvalue weighted by atomic mass is 10.1. The van der Waals surface area contributed by atoms with Crippen molar-refractivity contribution in [1.82, 2.24) is 9.78 Å². The van der Waals surface area contributed by atoms with Crippen LogP contribution in [0.25, 0.3) is 0 Å². The molecule has 1 aromatic carbocycles. The fourth-order valence-electron chi connectivity index (χ4n) is 1.77. The Labute approximate surface area is 122 Å². The van der Waals surface area contributed by atoms with Crippen molar-refractivity contribution in [2.24, 2.45) is 0 Å². The fraction of sp³-hybridized carbons (Fsp3) is 0.231. The van der Waals surface area contributed by atoms with Gasteiger partial charge in [0.05, 0.1) is 10.7 Å². The molecule has 0 radical (unpaired) electrons. The van der Waals surface area contributed by atoms with Crippen LogP contribution in [0.2, 0.25) is 0 Å². The first-order valence-corrected chi connectivity index (χ1v) is 7.15. The molecule has 0 saturated carbocycles. The third kappa shape index (κ3) is 2.42. The van der Waals surface area contributed by atoms with Crippen LogP contribution in [0.4, 0.5) is 0 Å². The molecular formula is C13H12Br2N2O. The fourth-order valence-corrected chi connectivity index (χ4v) is 2.67. The van der Waals surface area contributed by atoms with Crippen molar-refractivity contribution >= 4 is 37.6 Å². The molecule has 5 heteroatoms. The number of carbonyl (C=O) groups is 1. The van der Waals surface area contributed by atoms with Gasteiger partial charge in [0.15, 0.2) is 0 Å². The highest BCUT2D eigenvalue weighted by atomic mass is 79.9. The average Bonchev–Trinajstić information content (AvgIpc) is 2.72. The Morgan fingerprint density at radius 3 is 2.72 bits per heavy atom. The summed E-state index contributed by atoms with van der Waals surface area (Å²) >= 11 is 6.80. The van der Waals surface area contributed by atoms with Crippen LogP contribution in [0, 0.1) is 6.92 Å². The van der Waals surface area contributed by atoms with Crippen molar-refractivity contribution in [2.45, 2.75) is 20.4 Å². The molecule has 0 aliphatic carbocycles. The van der Waals surface area contributed by atoms with Crippen LogP contribution in [0.3, 0.4) is 0 Å². The van der Waals surface area contributed by atoms with E-state index in [1.165, 1.54) is 0 Å². The van der Waals surface area contributed by atoms with E-state index in [0.29, 0.717) is 17.8 Å². The number of aromatic nitrogens is 2. The Kier molecular flexibility index (Phi) is 4.02. The summed E-state index contributed by atoms with van der Waals surface area (Å²) in [4.78, 5) is 12.6. The van der Waals surface area contributed by atoms with E-state index in [1.807, 2.05) is 32.0 Å². The zero-order valence-electron chi connectivity index (χ0n) is 10.1. The van der Waals surface area contributed by atoms with Gasteiger partial charge >= 0.3 is 0 Å². The van der Waals surface area contributed by atoms with Gasteiger partial charge in [-0.25, -0.2) is 0 Å². The molecule has 3 nitrogen and oxygen atoms in total. The standard InChI is InChI=1S/C13H12Br2N2O/c1-3-17-12(11(15)7-16-17)13(18)9-6-8(2)4-5-10(9)14/h4-7H,3H2,1-2H3. The largest absolute Gasteiger partial charge is 0.287 e. The predicted octanol–water partition coefficient (Wildman–Crippen LogP) is 3.97. The van der Waals surface area contributed by atoms with Crippen LogP contribution in [-0.4, -0.2) is 15.6 Å². The molecule has 0 spiro atoms. The second-order valence-electron chi connectivity index (χ2n) is 3.97. The van der Waals surface area contributed by atoms with Crippen molar-refractivity contribution in [1.29, 1.82) is 0 Å². The number of carbonyl (C=O) groups excluding carboxylic acids is 1. The minimum absolute atomic E-state index is 0.0307. The number of rotatable bonds is 3. The van der Waals surface area contributed by atoms with Gasteiger partial charge in [-0.15, -0.1) is 0 Å². The van der Waals surface area contributed by atoms with Crippen molar-refractivity contribution in [3.05, 3.63) is 50.2 Å². The molecule has 0 bridgehead atoms. The van der Waals surface area contributed by atoms with E-state index >= 15 is 0 Å². The summed E-state index contributed by atoms with van der Waals surface area (Å²) in [5.74, 6) is -0.0307. The number of halogens is 2. The molecule has 1 aromatic heterocycles. The molecule has 1 heterocycles. The summed E-state index contributed by atoms with van der Waals surface area (Å²) in [5, 5.41) is 4.17. The van der Waals surface area contributed by atoms with Gasteiger partial charge in [-0.05, 0) is 41.9 Å². The van der Waals surface area contributed by atoms with E-state index in [9.17, 15) is 4.79 Å². The molecule has 0 aliphatic rings. The number of nitrogens with zero attached hydrogens (tertiary/aromatic N) is 2. The van der Waals surface area contributed by atoms with Crippen LogP contribution in [-0.2, 0) is 6.54 Å². The zero-order chi connectivity index (χ0) is 13.3. The number of aryl methyl sites for hydroxylation is 2. The summed E-state index contributed by atoms with van der Waals surface area (Å²) in [6.07, 6.45) is 1.65. The Morgan fingerprint density at radius 1 is 1.33 bits per heavy atom. The number of hydrogen-bond acceptors (Lipinski definition) is 2. The summed E-state index contributed by atoms with van der Waals surface area (Å²) in [6.45, 7) is 4.59. The van der Waals surface area contributed by atoms with E-state index in [-0.39, 0.29) is 5.78 Å². The van der Waals surface area contributed by atoms with Crippen LogP contribution in [0.1, 0.15) is 28.5 Å². The van der Waals surface area contributed by atoms with Gasteiger partial charge < -0.3 is 0 Å². The predicted molar refractivity (Wildman–Crippen MR) is 77.9 cm³/mol. The molecule has 0 saturated heterocycles. The Hall–Kier alpha value is -0.940. The average molecular weight is 372 g/mol. The molecule has 94 valence electrons. The van der Waals surface area contributed by atoms with Gasteiger partial charge in [-0.2, -0.15) is 5.10 Å². The number of benzene rings is 1. The lowest BCUT2D eigenvalue weighted by molar-refractivity contribution is 0.102. The van der Waals surface area contributed by atoms with E-state index in [0.717, 1.165) is 14.5 Å². The molecule has 0 amide bonds. The third-order valence-corrected chi connectivity index (χ3v) is 3.95. The first kappa shape index (κ1) is 13.5. The van der Waals surface area contributed by atoms with Crippen molar-refractivity contribution in [3.63, 3.8) is 0 Å². The lowest BCUT2D eigenvalue weighted by Gasteiger charge is -2.07. The molecule has 0 aliphatic heterocycles. The quantitative estimate of drug-likeness (QED) is 0.765. The second kappa shape index (κ2) is 5.36. The van der Waals surface area contributed by atoms with Gasteiger partial charge in [0, 0.05) is 16.6 Å². The second-order valence-corrected chi connectivity index (χ2v) is 5.68. The molecule has 2 rings (SSSR count). The van der Waals surface area contributed by atoms with Gasteiger partial charge in [0.25, 0.3) is 0 Å². The number of ketones is 1. The summed E-state index contributed by atoms with van der Waals surface area (Å²) in [5.41, 5.74) is 2.30. The lowest BCUT2D eigenvalue weighted by Crippen LogP contribution is -2.12. The monoisotopic (exact) mass is 370 g/mol. The minimum Gasteiger partial charge on any atom is -0.287 e. The third-order valence-electron chi connectivity index (χ3n) is 2.68. The molecule has 0 atom stereocenters. The maximum Gasteiger partial charge on any atom is 0.213 e. The van der Waals surface area contributed by atoms with Crippen molar-refractivity contribution in [3.8, 4) is 0 Å². The maximum atomic E-state index is 12.6. The van der Waals surface area contributed by atoms with Gasteiger partial charge in [-0.3, -0.25) is 9.48 Å². The smallest absolute Gasteiger partial charge is 0.213 e. The normalized spacial score (nSPS) is 10.7. The number of hydrogen-bond donors (Lipinski definition) is 0. The highest BCUT2D eigenvalue weighted by Crippen LogP contribution is 2.25. The van der Waals surface area contributed by atoms with Gasteiger partial charge in [0.1, 0.15) is 5.69 Å². The molecular weight excluding hydrogens is 360 g/mol. The minimum atomic E-state index is -0.0307. The summed E-state index contributed by atoms with van der Waals surface area (Å²) in [7, 11) is 0. The van der Waals surface area contributed by atoms with Crippen molar-refractivity contribution < 1.29 is 4.79 Å². The van der Waals surface area contributed by atoms with E-state index in [1.54, 1.807) is 10.9 Å². The summed E-state index contributed by atoms with van der Waals surface area (Å²) < 4.78 is 3.22. The first-order valence-electron chi connectivity index (χ1n) is 5.56. The van der Waals surface area contributed by atoms with Gasteiger partial charge in [0.2, 0.25) is 5.78 Å². The zero-order valence-corrected chi connectivity index (χ0v) is 13.2. The van der Waals surface area contributed by atoms with Gasteiger partial charge in [-0.1, -0.05) is 27.6 Å². The first-order chi connectivity index (χ1) is 8.54. The SMILES string of the molecule is CCn1ncc(Br)c1C(=O)c1cc(C)ccc1Br. The maximum absolute atomic E-state index is 12.6. The summed E-state index contributed by atoms with van der Waals surface area (Å²) in [6, 6.07) is 5.74. The van der Waals surface area contributed by atoms with E-state index in [2.05, 4.69) is 37.0 Å². The highest BCUT2D eigenvalue weighted by molar-refractivity contribution is 9.10. The van der Waals surface area contributed by atoms with Crippen LogP contribution >= 0.6 is 31.9 Å². The highest BCUT2D eigenvalue weighted by Gasteiger charge is 2.20. The molecule has 2 aromatic rings. The van der Waals surface area contributed by atoms with Crippen LogP contribution < -0.4 is 0 Å². The Morgan fingerprint density at radius 2 is 2.06 bits per heavy atom. The Balaban J connectivity index is 2.54. The topological polar surface area (TPSA) is 34.9 Å². The molecule has 0 N–H and O–H groups in total. The van der Waals surface area contributed by atoms with E-state index in [4.69, 9.17) is 0 Å². The molecule has 18 heavy (non-hydrogen) atoms. The van der Waals surface area contributed by atoms with Crippen molar-refractivity contribution in [2.75, 3.05) is 0 Å².